The predicted octanol–water partition coefficient (Wildman–Crippen LogP) is 3.91. The van der Waals surface area contributed by atoms with E-state index in [2.05, 4.69) is 5.32 Å². The SMILES string of the molecule is COc1cc([C@@H]2c3cc4c(cc3[C@@H](NCc3ccc(O)cc3)[C@H]3COC(=O)[C@H]23)OCO4)cc(OC)c1OC. The van der Waals surface area contributed by atoms with E-state index in [0.717, 1.165) is 22.3 Å². The molecule has 1 saturated heterocycles. The van der Waals surface area contributed by atoms with Crippen molar-refractivity contribution < 1.29 is 38.3 Å². The number of esters is 1. The van der Waals surface area contributed by atoms with Gasteiger partial charge in [0.2, 0.25) is 12.5 Å². The van der Waals surface area contributed by atoms with Gasteiger partial charge in [0, 0.05) is 24.4 Å². The summed E-state index contributed by atoms with van der Waals surface area (Å²) in [4.78, 5) is 13.3. The Kier molecular flexibility index (Phi) is 6.15. The summed E-state index contributed by atoms with van der Waals surface area (Å²) in [5.74, 6) is 1.90. The molecule has 2 N–H and O–H groups in total. The Morgan fingerprint density at radius 2 is 1.55 bits per heavy atom. The van der Waals surface area contributed by atoms with E-state index in [1.54, 1.807) is 33.5 Å². The van der Waals surface area contributed by atoms with Crippen LogP contribution in [0.1, 0.15) is 34.2 Å². The van der Waals surface area contributed by atoms with Crippen LogP contribution in [0.15, 0.2) is 48.5 Å². The molecular formula is C29H29NO8. The number of carbonyl (C=O) groups is 1. The number of hydrogen-bond acceptors (Lipinski definition) is 9. The van der Waals surface area contributed by atoms with Crippen LogP contribution in [0.2, 0.25) is 0 Å². The summed E-state index contributed by atoms with van der Waals surface area (Å²) < 4.78 is 33.9. The second-order valence-corrected chi connectivity index (χ2v) is 9.62. The number of cyclic esters (lactones) is 1. The van der Waals surface area contributed by atoms with Crippen LogP contribution in [0.5, 0.6) is 34.5 Å². The number of carbonyl (C=O) groups excluding carboxylic acids is 1. The highest BCUT2D eigenvalue weighted by Crippen LogP contribution is 2.55. The fraction of sp³-hybridized carbons (Fsp3) is 0.345. The average Bonchev–Trinajstić information content (AvgIpc) is 3.56. The maximum absolute atomic E-state index is 13.3. The lowest BCUT2D eigenvalue weighted by atomic mass is 9.65. The van der Waals surface area contributed by atoms with Crippen molar-refractivity contribution in [3.05, 3.63) is 70.8 Å². The molecule has 0 amide bonds. The van der Waals surface area contributed by atoms with E-state index >= 15 is 0 Å². The molecule has 3 aliphatic rings. The Balaban J connectivity index is 1.49. The second-order valence-electron chi connectivity index (χ2n) is 9.62. The Morgan fingerprint density at radius 1 is 0.895 bits per heavy atom. The highest BCUT2D eigenvalue weighted by molar-refractivity contribution is 5.79. The Morgan fingerprint density at radius 3 is 2.18 bits per heavy atom. The average molecular weight is 520 g/mol. The van der Waals surface area contributed by atoms with Crippen LogP contribution in [-0.4, -0.2) is 45.8 Å². The summed E-state index contributed by atoms with van der Waals surface area (Å²) in [7, 11) is 4.71. The Labute approximate surface area is 220 Å². The van der Waals surface area contributed by atoms with Crippen molar-refractivity contribution in [1.29, 1.82) is 0 Å². The molecule has 9 heteroatoms. The number of phenols is 1. The van der Waals surface area contributed by atoms with Crippen LogP contribution in [0.4, 0.5) is 0 Å². The van der Waals surface area contributed by atoms with E-state index in [4.69, 9.17) is 28.4 Å². The van der Waals surface area contributed by atoms with E-state index in [1.165, 1.54) is 0 Å². The summed E-state index contributed by atoms with van der Waals surface area (Å²) in [5.41, 5.74) is 3.84. The number of benzene rings is 3. The monoisotopic (exact) mass is 519 g/mol. The molecule has 9 nitrogen and oxygen atoms in total. The fourth-order valence-corrected chi connectivity index (χ4v) is 5.95. The van der Waals surface area contributed by atoms with Crippen molar-refractivity contribution in [3.63, 3.8) is 0 Å². The van der Waals surface area contributed by atoms with Gasteiger partial charge < -0.3 is 38.8 Å². The van der Waals surface area contributed by atoms with Gasteiger partial charge in [-0.05, 0) is 58.7 Å². The molecule has 2 heterocycles. The number of methoxy groups -OCH3 is 3. The molecule has 0 saturated carbocycles. The zero-order valence-electron chi connectivity index (χ0n) is 21.4. The summed E-state index contributed by atoms with van der Waals surface area (Å²) in [6.45, 7) is 0.990. The van der Waals surface area contributed by atoms with Gasteiger partial charge in [0.15, 0.2) is 23.0 Å². The topological polar surface area (TPSA) is 105 Å². The Hall–Kier alpha value is -4.11. The maximum Gasteiger partial charge on any atom is 0.310 e. The molecule has 1 aliphatic carbocycles. The number of ether oxygens (including phenoxy) is 6. The molecule has 1 fully saturated rings. The van der Waals surface area contributed by atoms with Crippen molar-refractivity contribution in [1.82, 2.24) is 5.32 Å². The third-order valence-corrected chi connectivity index (χ3v) is 7.70. The van der Waals surface area contributed by atoms with Gasteiger partial charge in [-0.1, -0.05) is 12.1 Å². The minimum absolute atomic E-state index is 0.128. The minimum Gasteiger partial charge on any atom is -0.508 e. The lowest BCUT2D eigenvalue weighted by Gasteiger charge is -2.39. The summed E-state index contributed by atoms with van der Waals surface area (Å²) >= 11 is 0. The number of phenolic OH excluding ortho intramolecular Hbond substituents is 1. The molecule has 0 spiro atoms. The molecule has 0 aromatic heterocycles. The Bertz CT molecular complexity index is 1350. The molecule has 0 unspecified atom stereocenters. The van der Waals surface area contributed by atoms with Crippen LogP contribution in [0.25, 0.3) is 0 Å². The van der Waals surface area contributed by atoms with Crippen molar-refractivity contribution in [2.45, 2.75) is 18.5 Å². The maximum atomic E-state index is 13.3. The lowest BCUT2D eigenvalue weighted by molar-refractivity contribution is -0.141. The van der Waals surface area contributed by atoms with E-state index in [0.29, 0.717) is 41.9 Å². The van der Waals surface area contributed by atoms with Crippen LogP contribution in [0, 0.1) is 11.8 Å². The summed E-state index contributed by atoms with van der Waals surface area (Å²) in [6.07, 6.45) is 0. The first kappa shape index (κ1) is 24.2. The van der Waals surface area contributed by atoms with Crippen LogP contribution in [-0.2, 0) is 16.1 Å². The molecule has 6 rings (SSSR count). The minimum atomic E-state index is -0.442. The fourth-order valence-electron chi connectivity index (χ4n) is 5.95. The molecule has 0 bridgehead atoms. The van der Waals surface area contributed by atoms with Crippen LogP contribution in [0.3, 0.4) is 0 Å². The first-order valence-electron chi connectivity index (χ1n) is 12.4. The van der Waals surface area contributed by atoms with Crippen LogP contribution >= 0.6 is 0 Å². The van der Waals surface area contributed by atoms with E-state index < -0.39 is 5.92 Å². The van der Waals surface area contributed by atoms with Gasteiger partial charge in [0.05, 0.1) is 33.9 Å². The number of fused-ring (bicyclic) bond motifs is 3. The van der Waals surface area contributed by atoms with Gasteiger partial charge in [0.25, 0.3) is 0 Å². The van der Waals surface area contributed by atoms with Crippen molar-refractivity contribution in [3.8, 4) is 34.5 Å². The predicted molar refractivity (Wildman–Crippen MR) is 136 cm³/mol. The van der Waals surface area contributed by atoms with Gasteiger partial charge in [-0.3, -0.25) is 4.79 Å². The number of aromatic hydroxyl groups is 1. The van der Waals surface area contributed by atoms with Gasteiger partial charge in [-0.25, -0.2) is 0 Å². The van der Waals surface area contributed by atoms with E-state index in [9.17, 15) is 9.90 Å². The van der Waals surface area contributed by atoms with E-state index in [-0.39, 0.29) is 36.4 Å². The van der Waals surface area contributed by atoms with Crippen molar-refractivity contribution >= 4 is 5.97 Å². The molecule has 3 aromatic rings. The molecule has 3 aromatic carbocycles. The third kappa shape index (κ3) is 3.94. The van der Waals surface area contributed by atoms with Crippen molar-refractivity contribution in [2.24, 2.45) is 11.8 Å². The van der Waals surface area contributed by atoms with Crippen molar-refractivity contribution in [2.75, 3.05) is 34.7 Å². The molecule has 2 aliphatic heterocycles. The first-order chi connectivity index (χ1) is 18.5. The normalized spacial score (nSPS) is 22.9. The zero-order valence-corrected chi connectivity index (χ0v) is 21.4. The third-order valence-electron chi connectivity index (χ3n) is 7.70. The molecule has 198 valence electrons. The van der Waals surface area contributed by atoms with Crippen LogP contribution < -0.4 is 29.0 Å². The quantitative estimate of drug-likeness (QED) is 0.450. The molecular weight excluding hydrogens is 490 g/mol. The summed E-state index contributed by atoms with van der Waals surface area (Å²) in [5, 5.41) is 13.3. The molecule has 38 heavy (non-hydrogen) atoms. The highest BCUT2D eigenvalue weighted by atomic mass is 16.7. The highest BCUT2D eigenvalue weighted by Gasteiger charge is 2.52. The zero-order chi connectivity index (χ0) is 26.4. The second kappa shape index (κ2) is 9.64. The largest absolute Gasteiger partial charge is 0.508 e. The van der Waals surface area contributed by atoms with E-state index in [1.807, 2.05) is 36.4 Å². The smallest absolute Gasteiger partial charge is 0.310 e. The number of nitrogens with one attached hydrogen (secondary N) is 1. The first-order valence-corrected chi connectivity index (χ1v) is 12.4. The van der Waals surface area contributed by atoms with Gasteiger partial charge in [-0.15, -0.1) is 0 Å². The van der Waals surface area contributed by atoms with Gasteiger partial charge in [-0.2, -0.15) is 0 Å². The lowest BCUT2D eigenvalue weighted by Crippen LogP contribution is -2.40. The summed E-state index contributed by atoms with van der Waals surface area (Å²) in [6, 6.07) is 14.7. The molecule has 0 radical (unpaired) electrons. The number of rotatable bonds is 7. The molecule has 4 atom stereocenters. The van der Waals surface area contributed by atoms with Gasteiger partial charge in [0.1, 0.15) is 5.75 Å². The standard InChI is InChI=1S/C29H29NO8/c1-33-23-8-16(9-24(34-2)28(23)35-3)25-18-10-21-22(38-14-37-21)11-19(18)27(20-13-36-29(32)26(20)25)30-12-15-4-6-17(31)7-5-15/h4-11,20,25-27,30-31H,12-14H2,1-3H3/t20-,25+,26-,27+/m0/s1. The van der Waals surface area contributed by atoms with Gasteiger partial charge >= 0.3 is 5.97 Å². The number of hydrogen-bond donors (Lipinski definition) is 2.